The third-order valence-corrected chi connectivity index (χ3v) is 4.84. The fraction of sp³-hybridized carbons (Fsp3) is 0.136. The Morgan fingerprint density at radius 2 is 1.56 bits per heavy atom. The molecule has 0 heterocycles. The Balaban J connectivity index is 1.77. The van der Waals surface area contributed by atoms with E-state index in [-0.39, 0.29) is 0 Å². The fourth-order valence-electron chi connectivity index (χ4n) is 2.50. The second-order valence-corrected chi connectivity index (χ2v) is 7.53. The minimum atomic E-state index is 0.398. The van der Waals surface area contributed by atoms with Crippen molar-refractivity contribution < 1.29 is 4.74 Å². The molecule has 0 amide bonds. The number of rotatable bonds is 5. The van der Waals surface area contributed by atoms with E-state index in [1.807, 2.05) is 56.3 Å². The summed E-state index contributed by atoms with van der Waals surface area (Å²) in [5.41, 5.74) is 4.87. The first-order valence-corrected chi connectivity index (χ1v) is 9.53. The fourth-order valence-corrected chi connectivity index (χ4v) is 3.28. The summed E-state index contributed by atoms with van der Waals surface area (Å²) in [6.07, 6.45) is 1.71. The van der Waals surface area contributed by atoms with Gasteiger partial charge in [-0.1, -0.05) is 70.7 Å². The molecule has 0 atom stereocenters. The van der Waals surface area contributed by atoms with Gasteiger partial charge >= 0.3 is 0 Å². The molecule has 0 bridgehead atoms. The Bertz CT molecular complexity index is 958. The van der Waals surface area contributed by atoms with E-state index in [4.69, 9.17) is 39.5 Å². The first-order chi connectivity index (χ1) is 12.9. The van der Waals surface area contributed by atoms with Crippen LogP contribution in [0.15, 0.2) is 59.6 Å². The number of aliphatic imine (C=N–C) groups is 1. The quantitative estimate of drug-likeness (QED) is 0.391. The summed E-state index contributed by atoms with van der Waals surface area (Å²) >= 11 is 18.8. The van der Waals surface area contributed by atoms with Crippen LogP contribution in [0.2, 0.25) is 15.1 Å². The molecule has 0 saturated heterocycles. The number of hydrogen-bond donors (Lipinski definition) is 0. The van der Waals surface area contributed by atoms with Gasteiger partial charge in [0.15, 0.2) is 5.75 Å². The smallest absolute Gasteiger partial charge is 0.157 e. The number of ether oxygens (including phenoxy) is 1. The molecule has 3 aromatic carbocycles. The predicted molar refractivity (Wildman–Crippen MR) is 115 cm³/mol. The van der Waals surface area contributed by atoms with Gasteiger partial charge in [-0.05, 0) is 54.8 Å². The summed E-state index contributed by atoms with van der Waals surface area (Å²) in [6, 6.07) is 17.3. The van der Waals surface area contributed by atoms with Gasteiger partial charge < -0.3 is 4.74 Å². The summed E-state index contributed by atoms with van der Waals surface area (Å²) in [4.78, 5) is 4.48. The normalized spacial score (nSPS) is 11.1. The van der Waals surface area contributed by atoms with Gasteiger partial charge in [-0.2, -0.15) is 0 Å². The van der Waals surface area contributed by atoms with Gasteiger partial charge in [-0.15, -0.1) is 0 Å². The van der Waals surface area contributed by atoms with E-state index in [0.717, 1.165) is 22.4 Å². The van der Waals surface area contributed by atoms with E-state index in [2.05, 4.69) is 4.99 Å². The largest absolute Gasteiger partial charge is 0.486 e. The van der Waals surface area contributed by atoms with E-state index in [1.165, 1.54) is 5.56 Å². The number of hydrogen-bond acceptors (Lipinski definition) is 2. The van der Waals surface area contributed by atoms with Gasteiger partial charge in [0.2, 0.25) is 0 Å². The van der Waals surface area contributed by atoms with E-state index in [1.54, 1.807) is 18.3 Å². The van der Waals surface area contributed by atoms with E-state index >= 15 is 0 Å². The van der Waals surface area contributed by atoms with Crippen LogP contribution in [0.3, 0.4) is 0 Å². The average Bonchev–Trinajstić information content (AvgIpc) is 2.63. The lowest BCUT2D eigenvalue weighted by Gasteiger charge is -2.11. The number of halogens is 3. The van der Waals surface area contributed by atoms with Crippen molar-refractivity contribution in [1.82, 2.24) is 0 Å². The molecule has 0 saturated carbocycles. The zero-order valence-electron chi connectivity index (χ0n) is 15.0. The number of aryl methyl sites for hydroxylation is 2. The summed E-state index contributed by atoms with van der Waals surface area (Å²) in [6.45, 7) is 4.42. The van der Waals surface area contributed by atoms with Crippen LogP contribution in [0.4, 0.5) is 5.69 Å². The van der Waals surface area contributed by atoms with Crippen LogP contribution in [0.1, 0.15) is 22.3 Å². The Hall–Kier alpha value is -2.00. The molecule has 3 aromatic rings. The molecule has 5 heteroatoms. The summed E-state index contributed by atoms with van der Waals surface area (Å²) in [5.74, 6) is 0.468. The van der Waals surface area contributed by atoms with Gasteiger partial charge in [0.1, 0.15) is 6.61 Å². The molecule has 2 nitrogen and oxygen atoms in total. The molecule has 0 aromatic heterocycles. The first kappa shape index (κ1) is 19.8. The second kappa shape index (κ2) is 8.79. The van der Waals surface area contributed by atoms with E-state index < -0.39 is 0 Å². The molecular weight excluding hydrogens is 401 g/mol. The van der Waals surface area contributed by atoms with Gasteiger partial charge in [0.05, 0.1) is 15.7 Å². The molecular formula is C22H18Cl3NO. The van der Waals surface area contributed by atoms with Crippen molar-refractivity contribution in [1.29, 1.82) is 0 Å². The second-order valence-electron chi connectivity index (χ2n) is 6.28. The first-order valence-electron chi connectivity index (χ1n) is 8.40. The van der Waals surface area contributed by atoms with Crippen molar-refractivity contribution in [3.05, 3.63) is 91.9 Å². The minimum Gasteiger partial charge on any atom is -0.486 e. The molecule has 0 radical (unpaired) electrons. The van der Waals surface area contributed by atoms with Crippen molar-refractivity contribution in [2.24, 2.45) is 4.99 Å². The molecule has 138 valence electrons. The molecule has 0 unspecified atom stereocenters. The molecule has 3 rings (SSSR count). The highest BCUT2D eigenvalue weighted by Gasteiger charge is 2.10. The molecule has 27 heavy (non-hydrogen) atoms. The van der Waals surface area contributed by atoms with Crippen LogP contribution < -0.4 is 4.74 Å². The van der Waals surface area contributed by atoms with Gasteiger partial charge in [0.25, 0.3) is 0 Å². The van der Waals surface area contributed by atoms with Gasteiger partial charge in [-0.25, -0.2) is 0 Å². The number of nitrogens with zero attached hydrogens (tertiary/aromatic N) is 1. The Labute approximate surface area is 174 Å². The average molecular weight is 419 g/mol. The van der Waals surface area contributed by atoms with Crippen molar-refractivity contribution in [2.75, 3.05) is 0 Å². The Morgan fingerprint density at radius 1 is 0.889 bits per heavy atom. The highest BCUT2D eigenvalue weighted by Crippen LogP contribution is 2.34. The zero-order valence-corrected chi connectivity index (χ0v) is 17.2. The van der Waals surface area contributed by atoms with E-state index in [9.17, 15) is 0 Å². The maximum Gasteiger partial charge on any atom is 0.157 e. The molecule has 0 aliphatic heterocycles. The monoisotopic (exact) mass is 417 g/mol. The highest BCUT2D eigenvalue weighted by atomic mass is 35.5. The van der Waals surface area contributed by atoms with Crippen LogP contribution in [0.25, 0.3) is 0 Å². The third kappa shape index (κ3) is 5.26. The topological polar surface area (TPSA) is 21.6 Å². The van der Waals surface area contributed by atoms with E-state index in [0.29, 0.717) is 27.4 Å². The van der Waals surface area contributed by atoms with Crippen molar-refractivity contribution in [3.8, 4) is 5.75 Å². The summed E-state index contributed by atoms with van der Waals surface area (Å²) < 4.78 is 5.82. The van der Waals surface area contributed by atoms with Gasteiger partial charge in [0, 0.05) is 11.2 Å². The Morgan fingerprint density at radius 3 is 2.22 bits per heavy atom. The summed E-state index contributed by atoms with van der Waals surface area (Å²) in [7, 11) is 0. The molecule has 0 aliphatic carbocycles. The van der Waals surface area contributed by atoms with Crippen LogP contribution in [0.5, 0.6) is 5.75 Å². The summed E-state index contributed by atoms with van der Waals surface area (Å²) in [5, 5.41) is 1.53. The van der Waals surface area contributed by atoms with Crippen LogP contribution in [-0.4, -0.2) is 6.21 Å². The zero-order chi connectivity index (χ0) is 19.4. The lowest BCUT2D eigenvalue weighted by atomic mass is 10.2. The number of benzene rings is 3. The van der Waals surface area contributed by atoms with Crippen LogP contribution in [0, 0.1) is 13.8 Å². The molecule has 0 spiro atoms. The van der Waals surface area contributed by atoms with Crippen molar-refractivity contribution in [3.63, 3.8) is 0 Å². The van der Waals surface area contributed by atoms with Crippen LogP contribution >= 0.6 is 34.8 Å². The standard InChI is InChI=1S/C22H18Cl3NO/c1-14-3-6-16(7-4-14)13-27-22-19(24)9-17(10-20(22)25)12-26-21-11-18(23)8-5-15(21)2/h3-12H,13H2,1-2H3. The van der Waals surface area contributed by atoms with Gasteiger partial charge in [-0.3, -0.25) is 4.99 Å². The third-order valence-electron chi connectivity index (χ3n) is 4.05. The van der Waals surface area contributed by atoms with Crippen LogP contribution in [-0.2, 0) is 6.61 Å². The molecule has 0 aliphatic rings. The minimum absolute atomic E-state index is 0.398. The predicted octanol–water partition coefficient (Wildman–Crippen LogP) is 7.59. The highest BCUT2D eigenvalue weighted by molar-refractivity contribution is 6.37. The molecule has 0 N–H and O–H groups in total. The van der Waals surface area contributed by atoms with Crippen molar-refractivity contribution in [2.45, 2.75) is 20.5 Å². The van der Waals surface area contributed by atoms with Crippen molar-refractivity contribution >= 4 is 46.7 Å². The SMILES string of the molecule is Cc1ccc(COc2c(Cl)cc(C=Nc3cc(Cl)ccc3C)cc2Cl)cc1. The Kier molecular flexibility index (Phi) is 6.43. The maximum atomic E-state index is 6.37. The maximum absolute atomic E-state index is 6.37. The lowest BCUT2D eigenvalue weighted by Crippen LogP contribution is -1.97. The molecule has 0 fully saturated rings. The lowest BCUT2D eigenvalue weighted by molar-refractivity contribution is 0.306.